The molecule has 452 valence electrons. The third-order valence-electron chi connectivity index (χ3n) is 8.32. The van der Waals surface area contributed by atoms with Crippen LogP contribution in [0.5, 0.6) is 0 Å². The first kappa shape index (κ1) is 76.7. The van der Waals surface area contributed by atoms with Crippen molar-refractivity contribution in [2.75, 3.05) is 167 Å². The lowest BCUT2D eigenvalue weighted by atomic mass is 10.2. The number of nitrogens with two attached hydrogens (primary N) is 1. The van der Waals surface area contributed by atoms with Gasteiger partial charge in [0.1, 0.15) is 11.2 Å². The van der Waals surface area contributed by atoms with Crippen LogP contribution in [0.1, 0.15) is 92.9 Å². The fourth-order valence-electron chi connectivity index (χ4n) is 4.83. The number of carboxylic acid groups (broad SMARTS) is 1. The van der Waals surface area contributed by atoms with Gasteiger partial charge in [-0.15, -0.1) is 5.06 Å². The minimum Gasteiger partial charge on any atom is -0.481 e. The molecule has 0 spiro atoms. The second kappa shape index (κ2) is 53.4. The number of hydrogen-bond acceptors (Lipinski definition) is 24. The van der Waals surface area contributed by atoms with Gasteiger partial charge in [-0.25, -0.2) is 10.7 Å². The molecule has 0 aromatic heterocycles. The molecule has 0 aliphatic carbocycles. The van der Waals surface area contributed by atoms with Crippen molar-refractivity contribution in [1.29, 1.82) is 0 Å². The number of rotatable bonds is 43. The van der Waals surface area contributed by atoms with Crippen molar-refractivity contribution in [1.82, 2.24) is 15.7 Å². The highest BCUT2D eigenvalue weighted by molar-refractivity contribution is 6.01. The van der Waals surface area contributed by atoms with Crippen LogP contribution in [0.15, 0.2) is 0 Å². The van der Waals surface area contributed by atoms with E-state index < -0.39 is 35.0 Å². The number of esters is 2. The standard InChI is InChI=1S/C17H33NO7.C13H25NO7.C10H15NO6.C9H19NO4/c1-17(2,3)25-16(20)6-9-23-13-14-24-10-7-18-15(19)5-8-22-12-11-21-4;1-18-8-9-19-5-2-12(15)14-4-7-21-11-10-20-6-3-13(16)17;1-15-6-7-16-5-4-10(14)17-11-8(12)2-3-9(11)13;1-9(2,3)14-8(11)4-5-12-6-7-13-10/h5-14H2,1-4H3,(H,18,19);2-11H2,1H3,(H,14,15)(H,16,17);2-7H2,1H3;4-7,10H2,1-3H3. The normalized spacial score (nSPS) is 12.1. The molecule has 1 aliphatic heterocycles. The lowest BCUT2D eigenvalue weighted by Gasteiger charge is -2.19. The van der Waals surface area contributed by atoms with E-state index in [1.165, 1.54) is 0 Å². The Bertz CT molecular complexity index is 1510. The number of nitrogens with one attached hydrogen (secondary N) is 2. The molecule has 0 saturated carbocycles. The van der Waals surface area contributed by atoms with Crippen molar-refractivity contribution in [3.05, 3.63) is 0 Å². The Balaban J connectivity index is -0.000000968. The summed E-state index contributed by atoms with van der Waals surface area (Å²) in [6.45, 7) is 19.4. The summed E-state index contributed by atoms with van der Waals surface area (Å²) in [4.78, 5) is 98.0. The van der Waals surface area contributed by atoms with E-state index in [4.69, 9.17) is 72.6 Å². The average molecular weight is 1120 g/mol. The topological polar surface area (TPSA) is 349 Å². The zero-order valence-corrected chi connectivity index (χ0v) is 47.1. The highest BCUT2D eigenvalue weighted by atomic mass is 16.7. The Labute approximate surface area is 453 Å². The number of hydroxylamine groups is 2. The van der Waals surface area contributed by atoms with Crippen molar-refractivity contribution in [3.8, 4) is 0 Å². The van der Waals surface area contributed by atoms with Gasteiger partial charge in [-0.2, -0.15) is 0 Å². The molecule has 0 aromatic carbocycles. The molecule has 28 nitrogen and oxygen atoms in total. The molecule has 0 atom stereocenters. The summed E-state index contributed by atoms with van der Waals surface area (Å²) in [5, 5.41) is 14.3. The first-order valence-electron chi connectivity index (χ1n) is 25.3. The van der Waals surface area contributed by atoms with E-state index in [1.807, 2.05) is 41.5 Å². The van der Waals surface area contributed by atoms with E-state index in [1.54, 1.807) is 21.3 Å². The molecule has 0 unspecified atom stereocenters. The minimum atomic E-state index is -0.884. The molecule has 1 aliphatic rings. The van der Waals surface area contributed by atoms with E-state index in [0.29, 0.717) is 150 Å². The van der Waals surface area contributed by atoms with Crippen molar-refractivity contribution in [2.24, 2.45) is 5.90 Å². The second-order valence-corrected chi connectivity index (χ2v) is 17.6. The largest absolute Gasteiger partial charge is 0.481 e. The fraction of sp³-hybridized carbons (Fsp3) is 0.837. The molecule has 77 heavy (non-hydrogen) atoms. The summed E-state index contributed by atoms with van der Waals surface area (Å²) in [6, 6.07) is 0. The molecule has 1 saturated heterocycles. The van der Waals surface area contributed by atoms with Gasteiger partial charge in [-0.1, -0.05) is 0 Å². The number of methoxy groups -OCH3 is 3. The first-order valence-corrected chi connectivity index (χ1v) is 25.3. The Morgan fingerprint density at radius 3 is 1.06 bits per heavy atom. The number of carboxylic acids is 1. The zero-order valence-electron chi connectivity index (χ0n) is 47.1. The van der Waals surface area contributed by atoms with Crippen LogP contribution in [-0.4, -0.2) is 235 Å². The van der Waals surface area contributed by atoms with Crippen LogP contribution in [-0.2, 0) is 110 Å². The summed E-state index contributed by atoms with van der Waals surface area (Å²) < 4.78 is 66.0. The molecule has 0 radical (unpaired) electrons. The fourth-order valence-corrected chi connectivity index (χ4v) is 4.83. The van der Waals surface area contributed by atoms with Crippen molar-refractivity contribution >= 4 is 47.5 Å². The monoisotopic (exact) mass is 1120 g/mol. The van der Waals surface area contributed by atoms with Crippen molar-refractivity contribution in [2.45, 2.75) is 104 Å². The van der Waals surface area contributed by atoms with Crippen LogP contribution in [0.25, 0.3) is 0 Å². The first-order chi connectivity index (χ1) is 36.6. The van der Waals surface area contributed by atoms with Gasteiger partial charge in [-0.3, -0.25) is 33.6 Å². The highest BCUT2D eigenvalue weighted by Crippen LogP contribution is 2.13. The summed E-state index contributed by atoms with van der Waals surface area (Å²) in [6.07, 6.45) is 1.26. The molecule has 0 aromatic rings. The van der Waals surface area contributed by atoms with Crippen molar-refractivity contribution in [3.63, 3.8) is 0 Å². The van der Waals surface area contributed by atoms with E-state index in [2.05, 4.69) is 20.3 Å². The molecule has 28 heteroatoms. The molecule has 1 rings (SSSR count). The van der Waals surface area contributed by atoms with Gasteiger partial charge >= 0.3 is 23.9 Å². The number of carbonyl (C=O) groups is 8. The third-order valence-corrected chi connectivity index (χ3v) is 8.32. The molecule has 1 fully saturated rings. The van der Waals surface area contributed by atoms with Gasteiger partial charge < -0.3 is 87.0 Å². The molecule has 5 N–H and O–H groups in total. The summed E-state index contributed by atoms with van der Waals surface area (Å²) in [5.74, 6) is 1.57. The van der Waals surface area contributed by atoms with Crippen molar-refractivity contribution < 1.29 is 115 Å². The second-order valence-electron chi connectivity index (χ2n) is 17.6. The Morgan fingerprint density at radius 1 is 0.442 bits per heavy atom. The van der Waals surface area contributed by atoms with E-state index in [0.717, 1.165) is 0 Å². The summed E-state index contributed by atoms with van der Waals surface area (Å²) in [7, 11) is 4.73. The quantitative estimate of drug-likeness (QED) is 0.0285. The third kappa shape index (κ3) is 62.2. The lowest BCUT2D eigenvalue weighted by molar-refractivity contribution is -0.198. The number of nitrogens with zero attached hydrogens (tertiary/aromatic N) is 1. The summed E-state index contributed by atoms with van der Waals surface area (Å²) >= 11 is 0. The van der Waals surface area contributed by atoms with Gasteiger partial charge in [0, 0.05) is 60.1 Å². The maximum atomic E-state index is 11.5. The zero-order chi connectivity index (χ0) is 58.4. The van der Waals surface area contributed by atoms with Gasteiger partial charge in [0.2, 0.25) is 11.8 Å². The van der Waals surface area contributed by atoms with Crippen LogP contribution in [0.2, 0.25) is 0 Å². The Hall–Kier alpha value is -4.56. The smallest absolute Gasteiger partial charge is 0.335 e. The van der Waals surface area contributed by atoms with E-state index >= 15 is 0 Å². The van der Waals surface area contributed by atoms with Crippen LogP contribution in [0.4, 0.5) is 0 Å². The van der Waals surface area contributed by atoms with E-state index in [-0.39, 0.29) is 75.5 Å². The predicted octanol–water partition coefficient (Wildman–Crippen LogP) is 0.856. The lowest BCUT2D eigenvalue weighted by Crippen LogP contribution is -2.32. The van der Waals surface area contributed by atoms with E-state index in [9.17, 15) is 38.4 Å². The van der Waals surface area contributed by atoms with Gasteiger partial charge in [0.15, 0.2) is 0 Å². The highest BCUT2D eigenvalue weighted by Gasteiger charge is 2.32. The molecule has 0 bridgehead atoms. The van der Waals surface area contributed by atoms with Gasteiger partial charge in [0.05, 0.1) is 158 Å². The van der Waals surface area contributed by atoms with Crippen LogP contribution < -0.4 is 16.5 Å². The number of carbonyl (C=O) groups excluding carboxylic acids is 7. The minimum absolute atomic E-state index is 0.0114. The number of imide groups is 1. The SMILES string of the molecule is CC(C)(C)OC(=O)CCOCCON.COCCOCCC(=O)NCCOCCOCCC(=O)O.COCCOCCC(=O)NCCOCCOCCC(=O)OC(C)(C)C.COCCOCCC(=O)ON1C(=O)CCC1=O. The molecule has 4 amide bonds. The molecular formula is C49H92N4O24. The summed E-state index contributed by atoms with van der Waals surface area (Å²) in [5.41, 5.74) is -0.905. The number of ether oxygens (including phenoxy) is 13. The average Bonchev–Trinajstić information content (AvgIpc) is 3.66. The van der Waals surface area contributed by atoms with Crippen LogP contribution in [0, 0.1) is 0 Å². The maximum Gasteiger partial charge on any atom is 0.335 e. The van der Waals surface area contributed by atoms with Crippen LogP contribution >= 0.6 is 0 Å². The Kier molecular flexibility index (Phi) is 53.2. The molecular weight excluding hydrogens is 1030 g/mol. The number of amides is 4. The number of aliphatic carboxylic acids is 1. The van der Waals surface area contributed by atoms with Crippen LogP contribution in [0.3, 0.4) is 0 Å². The van der Waals surface area contributed by atoms with Gasteiger partial charge in [-0.05, 0) is 41.5 Å². The van der Waals surface area contributed by atoms with Gasteiger partial charge in [0.25, 0.3) is 11.8 Å². The Morgan fingerprint density at radius 2 is 0.740 bits per heavy atom. The number of hydrogen-bond donors (Lipinski definition) is 4. The predicted molar refractivity (Wildman–Crippen MR) is 273 cm³/mol. The molecule has 1 heterocycles. The maximum absolute atomic E-state index is 11.5.